The van der Waals surface area contributed by atoms with Crippen molar-refractivity contribution in [3.8, 4) is 17.2 Å². The molecule has 4 rings (SSSR count). The summed E-state index contributed by atoms with van der Waals surface area (Å²) in [5.74, 6) is -0.0186. The SMILES string of the molecule is Cc1c(N)cncc1-c1cc([AsH2])c2cnc(NC(=O)C3CC3C#N)cc2c1. The number of pyridine rings is 2. The zero-order chi connectivity index (χ0) is 19.1. The Morgan fingerprint density at radius 2 is 2.15 bits per heavy atom. The van der Waals surface area contributed by atoms with E-state index in [2.05, 4.69) is 33.5 Å². The zero-order valence-electron chi connectivity index (χ0n) is 14.7. The fourth-order valence-electron chi connectivity index (χ4n) is 3.19. The van der Waals surface area contributed by atoms with Crippen LogP contribution in [-0.4, -0.2) is 32.7 Å². The number of hydrogen-bond donors (Lipinski definition) is 2. The molecule has 134 valence electrons. The van der Waals surface area contributed by atoms with Crippen LogP contribution in [0.5, 0.6) is 0 Å². The van der Waals surface area contributed by atoms with Gasteiger partial charge in [0.2, 0.25) is 0 Å². The van der Waals surface area contributed by atoms with E-state index in [1.54, 1.807) is 12.4 Å². The fourth-order valence-corrected chi connectivity index (χ4v) is 4.07. The molecule has 1 fully saturated rings. The molecule has 1 amide bonds. The number of nitrogens with one attached hydrogen (secondary N) is 1. The van der Waals surface area contributed by atoms with Gasteiger partial charge in [-0.1, -0.05) is 0 Å². The van der Waals surface area contributed by atoms with Gasteiger partial charge >= 0.3 is 165 Å². The number of nitrogens with two attached hydrogens (primary N) is 1. The Hall–Kier alpha value is -2.90. The van der Waals surface area contributed by atoms with Crippen molar-refractivity contribution >= 4 is 49.4 Å². The van der Waals surface area contributed by atoms with Crippen LogP contribution in [0.2, 0.25) is 0 Å². The van der Waals surface area contributed by atoms with Crippen LogP contribution in [0.1, 0.15) is 12.0 Å². The maximum absolute atomic E-state index is 12.2. The molecule has 7 heteroatoms. The van der Waals surface area contributed by atoms with E-state index < -0.39 is 0 Å². The third-order valence-electron chi connectivity index (χ3n) is 4.98. The molecule has 3 N–H and O–H groups in total. The number of nitriles is 1. The number of nitrogen functional groups attached to an aromatic ring is 1. The van der Waals surface area contributed by atoms with Gasteiger partial charge in [0.1, 0.15) is 0 Å². The number of amides is 1. The van der Waals surface area contributed by atoms with Crippen molar-refractivity contribution in [1.29, 1.82) is 5.26 Å². The van der Waals surface area contributed by atoms with Crippen molar-refractivity contribution in [2.45, 2.75) is 13.3 Å². The second-order valence-corrected chi connectivity index (χ2v) is 8.13. The number of anilines is 2. The Bertz CT molecular complexity index is 1120. The number of hydrogen-bond acceptors (Lipinski definition) is 5. The molecule has 2 aromatic heterocycles. The monoisotopic (exact) mass is 419 g/mol. The third-order valence-corrected chi connectivity index (χ3v) is 5.98. The molecule has 2 heterocycles. The number of carbonyl (C=O) groups excluding carboxylic acids is 1. The second kappa shape index (κ2) is 6.68. The summed E-state index contributed by atoms with van der Waals surface area (Å²) in [6.07, 6.45) is 5.88. The molecule has 1 aliphatic rings. The first-order valence-electron chi connectivity index (χ1n) is 8.58. The van der Waals surface area contributed by atoms with Gasteiger partial charge in [-0.15, -0.1) is 0 Å². The zero-order valence-corrected chi connectivity index (χ0v) is 17.2. The summed E-state index contributed by atoms with van der Waals surface area (Å²) >= 11 is 1.51. The van der Waals surface area contributed by atoms with Crippen molar-refractivity contribution in [2.24, 2.45) is 11.8 Å². The second-order valence-electron chi connectivity index (χ2n) is 6.82. The third kappa shape index (κ3) is 3.27. The van der Waals surface area contributed by atoms with Crippen LogP contribution in [0, 0.1) is 30.1 Å². The van der Waals surface area contributed by atoms with Crippen LogP contribution in [-0.2, 0) is 4.79 Å². The van der Waals surface area contributed by atoms with Crippen LogP contribution in [0.25, 0.3) is 21.9 Å². The van der Waals surface area contributed by atoms with Crippen molar-refractivity contribution in [3.05, 3.63) is 42.4 Å². The van der Waals surface area contributed by atoms with Crippen LogP contribution in [0.4, 0.5) is 11.5 Å². The molecule has 1 saturated carbocycles. The standard InChI is InChI=1S/C20H18AsN5O/c1-10-15(7-24-9-18(10)23)11-2-12-5-19(25-8-16(12)17(21)4-11)26-20(27)14-3-13(14)6-22/h2,4-5,7-9,13-14H,3,21,23H2,1H3,(H,25,26,27). The Labute approximate surface area is 165 Å². The van der Waals surface area contributed by atoms with E-state index in [9.17, 15) is 4.79 Å². The summed E-state index contributed by atoms with van der Waals surface area (Å²) in [6.45, 7) is 1.98. The molecule has 0 bridgehead atoms. The Morgan fingerprint density at radius 1 is 1.33 bits per heavy atom. The van der Waals surface area contributed by atoms with Gasteiger partial charge in [-0.2, -0.15) is 0 Å². The topological polar surface area (TPSA) is 105 Å². The first-order chi connectivity index (χ1) is 13.0. The fraction of sp³-hybridized carbons (Fsp3) is 0.200. The molecular weight excluding hydrogens is 401 g/mol. The summed E-state index contributed by atoms with van der Waals surface area (Å²) in [4.78, 5) is 20.8. The average Bonchev–Trinajstić information content (AvgIpc) is 3.44. The van der Waals surface area contributed by atoms with Crippen molar-refractivity contribution in [2.75, 3.05) is 11.1 Å². The first-order valence-corrected chi connectivity index (χ1v) is 9.79. The molecular formula is C20H18AsN5O. The predicted octanol–water partition coefficient (Wildman–Crippen LogP) is 1.54. The molecule has 3 atom stereocenters. The van der Waals surface area contributed by atoms with E-state index in [1.807, 2.05) is 19.2 Å². The van der Waals surface area contributed by atoms with Crippen LogP contribution in [0.15, 0.2) is 36.8 Å². The molecule has 3 aromatic rings. The summed E-state index contributed by atoms with van der Waals surface area (Å²) in [7, 11) is 0. The minimum atomic E-state index is -0.218. The Balaban J connectivity index is 1.71. The van der Waals surface area contributed by atoms with Crippen molar-refractivity contribution in [3.63, 3.8) is 0 Å². The number of nitrogens with zero attached hydrogens (tertiary/aromatic N) is 3. The van der Waals surface area contributed by atoms with E-state index >= 15 is 0 Å². The summed E-state index contributed by atoms with van der Waals surface area (Å²) in [5, 5.41) is 13.8. The number of rotatable bonds is 3. The summed E-state index contributed by atoms with van der Waals surface area (Å²) in [5.41, 5.74) is 9.69. The van der Waals surface area contributed by atoms with Gasteiger partial charge in [-0.05, 0) is 0 Å². The normalized spacial score (nSPS) is 18.1. The van der Waals surface area contributed by atoms with Crippen LogP contribution < -0.4 is 15.4 Å². The molecule has 3 unspecified atom stereocenters. The molecule has 1 aliphatic carbocycles. The number of carbonyl (C=O) groups is 1. The number of fused-ring (bicyclic) bond motifs is 1. The quantitative estimate of drug-likeness (QED) is 0.627. The van der Waals surface area contributed by atoms with E-state index in [1.165, 1.54) is 16.9 Å². The number of aromatic nitrogens is 2. The average molecular weight is 419 g/mol. The minimum absolute atomic E-state index is 0.138. The van der Waals surface area contributed by atoms with Crippen molar-refractivity contribution < 1.29 is 4.79 Å². The first kappa shape index (κ1) is 17.5. The summed E-state index contributed by atoms with van der Waals surface area (Å²) < 4.78 is 1.15. The molecule has 0 spiro atoms. The van der Waals surface area contributed by atoms with Gasteiger partial charge in [0.05, 0.1) is 0 Å². The van der Waals surface area contributed by atoms with Gasteiger partial charge in [-0.25, -0.2) is 0 Å². The van der Waals surface area contributed by atoms with Gasteiger partial charge in [0.15, 0.2) is 0 Å². The van der Waals surface area contributed by atoms with E-state index in [0.717, 1.165) is 31.8 Å². The Kier molecular flexibility index (Phi) is 4.33. The molecule has 0 aliphatic heterocycles. The van der Waals surface area contributed by atoms with E-state index in [0.29, 0.717) is 17.9 Å². The van der Waals surface area contributed by atoms with Gasteiger partial charge in [0, 0.05) is 0 Å². The molecule has 6 nitrogen and oxygen atoms in total. The predicted molar refractivity (Wildman–Crippen MR) is 108 cm³/mol. The van der Waals surface area contributed by atoms with Crippen molar-refractivity contribution in [1.82, 2.24) is 9.97 Å². The Morgan fingerprint density at radius 3 is 2.89 bits per heavy atom. The van der Waals surface area contributed by atoms with Gasteiger partial charge < -0.3 is 0 Å². The molecule has 27 heavy (non-hydrogen) atoms. The molecule has 1 aromatic carbocycles. The molecule has 0 radical (unpaired) electrons. The maximum atomic E-state index is 12.2. The van der Waals surface area contributed by atoms with E-state index in [-0.39, 0.29) is 17.7 Å². The van der Waals surface area contributed by atoms with Gasteiger partial charge in [0.25, 0.3) is 0 Å². The number of benzene rings is 1. The molecule has 0 saturated heterocycles. The van der Waals surface area contributed by atoms with Gasteiger partial charge in [-0.3, -0.25) is 0 Å². The summed E-state index contributed by atoms with van der Waals surface area (Å²) in [6, 6.07) is 8.19. The van der Waals surface area contributed by atoms with E-state index in [4.69, 9.17) is 11.0 Å². The van der Waals surface area contributed by atoms with Crippen LogP contribution >= 0.6 is 0 Å². The van der Waals surface area contributed by atoms with Crippen LogP contribution in [0.3, 0.4) is 0 Å².